The Morgan fingerprint density at radius 1 is 1.33 bits per heavy atom. The van der Waals surface area contributed by atoms with Gasteiger partial charge in [0.05, 0.1) is 12.7 Å². The van der Waals surface area contributed by atoms with Crippen LogP contribution in [0.5, 0.6) is 0 Å². The molecule has 2 rings (SSSR count). The van der Waals surface area contributed by atoms with Gasteiger partial charge in [0.25, 0.3) is 0 Å². The lowest BCUT2D eigenvalue weighted by Gasteiger charge is -2.46. The van der Waals surface area contributed by atoms with Crippen LogP contribution in [0.15, 0.2) is 0 Å². The van der Waals surface area contributed by atoms with Gasteiger partial charge in [-0.1, -0.05) is 13.8 Å². The summed E-state index contributed by atoms with van der Waals surface area (Å²) in [5, 5.41) is 2.92. The average molecular weight is 297 g/mol. The second-order valence-electron chi connectivity index (χ2n) is 6.17. The van der Waals surface area contributed by atoms with Crippen molar-refractivity contribution < 1.29 is 14.3 Å². The lowest BCUT2D eigenvalue weighted by molar-refractivity contribution is -0.158. The van der Waals surface area contributed by atoms with Crippen LogP contribution in [0, 0.1) is 0 Å². The lowest BCUT2D eigenvalue weighted by atomic mass is 9.87. The average Bonchev–Trinajstić information content (AvgIpc) is 2.48. The second kappa shape index (κ2) is 6.32. The molecule has 2 amide bonds. The van der Waals surface area contributed by atoms with E-state index < -0.39 is 11.6 Å². The Balaban J connectivity index is 2.15. The molecular weight excluding hydrogens is 270 g/mol. The maximum absolute atomic E-state index is 12.9. The van der Waals surface area contributed by atoms with Gasteiger partial charge in [0.1, 0.15) is 11.6 Å². The minimum absolute atomic E-state index is 0.0209. The molecule has 0 aromatic heterocycles. The molecule has 0 spiro atoms. The summed E-state index contributed by atoms with van der Waals surface area (Å²) in [6.45, 7) is 8.55. The first-order valence-electron chi connectivity index (χ1n) is 7.86. The number of nitrogens with one attached hydrogen (secondary N) is 1. The van der Waals surface area contributed by atoms with Crippen molar-refractivity contribution in [3.8, 4) is 0 Å². The molecule has 6 nitrogen and oxygen atoms in total. The van der Waals surface area contributed by atoms with Gasteiger partial charge in [-0.25, -0.2) is 0 Å². The fourth-order valence-corrected chi connectivity index (χ4v) is 3.15. The molecule has 0 radical (unpaired) electrons. The van der Waals surface area contributed by atoms with E-state index in [1.165, 1.54) is 0 Å². The van der Waals surface area contributed by atoms with E-state index in [0.29, 0.717) is 26.0 Å². The zero-order valence-electron chi connectivity index (χ0n) is 13.5. The van der Waals surface area contributed by atoms with E-state index in [-0.39, 0.29) is 17.9 Å². The van der Waals surface area contributed by atoms with Crippen molar-refractivity contribution in [2.45, 2.75) is 51.3 Å². The summed E-state index contributed by atoms with van der Waals surface area (Å²) < 4.78 is 5.75. The first-order chi connectivity index (χ1) is 9.93. The van der Waals surface area contributed by atoms with Gasteiger partial charge < -0.3 is 19.9 Å². The summed E-state index contributed by atoms with van der Waals surface area (Å²) in [6.07, 6.45) is 1.21. The predicted octanol–water partition coefficient (Wildman–Crippen LogP) is 0.223. The fraction of sp³-hybridized carbons (Fsp3) is 0.867. The summed E-state index contributed by atoms with van der Waals surface area (Å²) in [6, 6.07) is -0.431. The molecule has 0 aromatic rings. The molecule has 6 heteroatoms. The summed E-state index contributed by atoms with van der Waals surface area (Å²) in [7, 11) is 2.05. The molecule has 0 aliphatic carbocycles. The summed E-state index contributed by atoms with van der Waals surface area (Å²) >= 11 is 0. The van der Waals surface area contributed by atoms with Crippen molar-refractivity contribution in [2.75, 3.05) is 33.3 Å². The lowest BCUT2D eigenvalue weighted by Crippen LogP contribution is -2.70. The number of rotatable bonds is 4. The van der Waals surface area contributed by atoms with E-state index in [0.717, 1.165) is 13.1 Å². The molecule has 2 aliphatic rings. The molecule has 1 N–H and O–H groups in total. The Morgan fingerprint density at radius 3 is 2.57 bits per heavy atom. The molecule has 21 heavy (non-hydrogen) atoms. The second-order valence-corrected chi connectivity index (χ2v) is 6.17. The highest BCUT2D eigenvalue weighted by Crippen LogP contribution is 2.25. The molecule has 2 heterocycles. The minimum atomic E-state index is -0.746. The van der Waals surface area contributed by atoms with Crippen molar-refractivity contribution in [3.05, 3.63) is 0 Å². The van der Waals surface area contributed by atoms with Gasteiger partial charge in [-0.15, -0.1) is 0 Å². The quantitative estimate of drug-likeness (QED) is 0.806. The number of nitrogens with zero attached hydrogens (tertiary/aromatic N) is 2. The number of morpholine rings is 1. The molecule has 2 saturated heterocycles. The van der Waals surface area contributed by atoms with Gasteiger partial charge in [0, 0.05) is 19.6 Å². The monoisotopic (exact) mass is 297 g/mol. The normalized spacial score (nSPS) is 30.4. The third-order valence-corrected chi connectivity index (χ3v) is 4.83. The maximum atomic E-state index is 12.9. The SMILES string of the molecule is CCC1(CC)NC(=O)C(C)N(CC2CN(C)CCO2)C1=O. The predicted molar refractivity (Wildman–Crippen MR) is 79.9 cm³/mol. The standard InChI is InChI=1S/C15H27N3O3/c1-5-15(6-2)14(20)18(11(3)13(19)16-15)10-12-9-17(4)7-8-21-12/h11-12H,5-10H2,1-4H3,(H,16,19). The Morgan fingerprint density at radius 2 is 2.00 bits per heavy atom. The number of carbonyl (C=O) groups excluding carboxylic acids is 2. The molecule has 2 atom stereocenters. The first kappa shape index (κ1) is 16.2. The van der Waals surface area contributed by atoms with E-state index in [2.05, 4.69) is 10.2 Å². The number of hydrogen-bond donors (Lipinski definition) is 1. The Kier molecular flexibility index (Phi) is 4.88. The van der Waals surface area contributed by atoms with Crippen molar-refractivity contribution in [3.63, 3.8) is 0 Å². The van der Waals surface area contributed by atoms with E-state index in [4.69, 9.17) is 4.74 Å². The Labute approximate surface area is 126 Å². The van der Waals surface area contributed by atoms with Crippen LogP contribution in [0.3, 0.4) is 0 Å². The molecule has 0 saturated carbocycles. The third-order valence-electron chi connectivity index (χ3n) is 4.83. The van der Waals surface area contributed by atoms with Crippen LogP contribution >= 0.6 is 0 Å². The van der Waals surface area contributed by atoms with Crippen molar-refractivity contribution in [1.29, 1.82) is 0 Å². The zero-order chi connectivity index (χ0) is 15.6. The largest absolute Gasteiger partial charge is 0.374 e. The van der Waals surface area contributed by atoms with Crippen LogP contribution in [0.2, 0.25) is 0 Å². The topological polar surface area (TPSA) is 61.9 Å². The van der Waals surface area contributed by atoms with Crippen LogP contribution < -0.4 is 5.32 Å². The van der Waals surface area contributed by atoms with Crippen molar-refractivity contribution in [2.24, 2.45) is 0 Å². The van der Waals surface area contributed by atoms with Gasteiger partial charge in [-0.3, -0.25) is 9.59 Å². The van der Waals surface area contributed by atoms with E-state index in [1.807, 2.05) is 20.9 Å². The van der Waals surface area contributed by atoms with Gasteiger partial charge in [0.2, 0.25) is 11.8 Å². The molecule has 2 unspecified atom stereocenters. The molecular formula is C15H27N3O3. The van der Waals surface area contributed by atoms with Crippen LogP contribution in [-0.4, -0.2) is 72.6 Å². The van der Waals surface area contributed by atoms with Gasteiger partial charge in [0.15, 0.2) is 0 Å². The van der Waals surface area contributed by atoms with Gasteiger partial charge in [-0.2, -0.15) is 0 Å². The number of piperazine rings is 1. The van der Waals surface area contributed by atoms with Crippen molar-refractivity contribution >= 4 is 11.8 Å². The van der Waals surface area contributed by atoms with E-state index in [1.54, 1.807) is 11.8 Å². The molecule has 0 aromatic carbocycles. The number of likely N-dealkylation sites (N-methyl/N-ethyl adjacent to an activating group) is 1. The first-order valence-corrected chi connectivity index (χ1v) is 7.86. The smallest absolute Gasteiger partial charge is 0.249 e. The summed E-state index contributed by atoms with van der Waals surface area (Å²) in [4.78, 5) is 29.0. The highest BCUT2D eigenvalue weighted by atomic mass is 16.5. The Bertz CT molecular complexity index is 409. The van der Waals surface area contributed by atoms with Crippen LogP contribution in [0.25, 0.3) is 0 Å². The van der Waals surface area contributed by atoms with E-state index >= 15 is 0 Å². The number of ether oxygens (including phenoxy) is 1. The summed E-state index contributed by atoms with van der Waals surface area (Å²) in [5.41, 5.74) is -0.746. The van der Waals surface area contributed by atoms with Crippen LogP contribution in [0.1, 0.15) is 33.6 Å². The minimum Gasteiger partial charge on any atom is -0.374 e. The Hall–Kier alpha value is -1.14. The van der Waals surface area contributed by atoms with Gasteiger partial charge >= 0.3 is 0 Å². The van der Waals surface area contributed by atoms with E-state index in [9.17, 15) is 9.59 Å². The fourth-order valence-electron chi connectivity index (χ4n) is 3.15. The van der Waals surface area contributed by atoms with Crippen LogP contribution in [0.4, 0.5) is 0 Å². The highest BCUT2D eigenvalue weighted by Gasteiger charge is 2.47. The molecule has 2 aliphatic heterocycles. The summed E-state index contributed by atoms with van der Waals surface area (Å²) in [5.74, 6) is -0.0427. The highest BCUT2D eigenvalue weighted by molar-refractivity contribution is 5.99. The molecule has 0 bridgehead atoms. The number of hydrogen-bond acceptors (Lipinski definition) is 4. The zero-order valence-corrected chi connectivity index (χ0v) is 13.5. The van der Waals surface area contributed by atoms with Gasteiger partial charge in [-0.05, 0) is 26.8 Å². The number of carbonyl (C=O) groups is 2. The third kappa shape index (κ3) is 3.06. The maximum Gasteiger partial charge on any atom is 0.249 e. The van der Waals surface area contributed by atoms with Crippen molar-refractivity contribution in [1.82, 2.24) is 15.1 Å². The molecule has 120 valence electrons. The van der Waals surface area contributed by atoms with Crippen LogP contribution in [-0.2, 0) is 14.3 Å². The number of amides is 2. The molecule has 2 fully saturated rings.